The molecule has 0 heterocycles. The molecule has 0 rings (SSSR count). The summed E-state index contributed by atoms with van der Waals surface area (Å²) in [4.78, 5) is 9.55. The van der Waals surface area contributed by atoms with Gasteiger partial charge in [0.15, 0.2) is 0 Å². The lowest BCUT2D eigenvalue weighted by molar-refractivity contribution is -0.403. The molecule has 0 spiro atoms. The molecule has 12 heavy (non-hydrogen) atoms. The van der Waals surface area contributed by atoms with Crippen LogP contribution in [0.3, 0.4) is 0 Å². The summed E-state index contributed by atoms with van der Waals surface area (Å²) in [7, 11) is 0. The summed E-state index contributed by atoms with van der Waals surface area (Å²) in [6.07, 6.45) is 2.70. The lowest BCUT2D eigenvalue weighted by Crippen LogP contribution is -2.12. The molecule has 0 unspecified atom stereocenters. The summed E-state index contributed by atoms with van der Waals surface area (Å²) in [5, 5.41) is 13.4. The number of hydrogen-bond acceptors (Lipinski definition) is 4. The Balaban J connectivity index is 3.96. The van der Waals surface area contributed by atoms with Crippen molar-refractivity contribution in [2.45, 2.75) is 6.92 Å². The highest BCUT2D eigenvalue weighted by Crippen LogP contribution is 2.05. The second-order valence-electron chi connectivity index (χ2n) is 1.76. The first-order chi connectivity index (χ1) is 5.70. The maximum Gasteiger partial charge on any atom is 0.263 e. The molecule has 5 heteroatoms. The van der Waals surface area contributed by atoms with Crippen LogP contribution < -0.4 is 5.32 Å². The third kappa shape index (κ3) is 5.62. The fraction of sp³-hybridized carbons (Fsp3) is 0.429. The zero-order valence-corrected chi connectivity index (χ0v) is 7.77. The van der Waals surface area contributed by atoms with Gasteiger partial charge in [-0.1, -0.05) is 5.92 Å². The van der Waals surface area contributed by atoms with Crippen molar-refractivity contribution in [3.05, 3.63) is 21.3 Å². The van der Waals surface area contributed by atoms with Crippen LogP contribution in [0.4, 0.5) is 0 Å². The zero-order chi connectivity index (χ0) is 9.40. The van der Waals surface area contributed by atoms with Crippen molar-refractivity contribution >= 4 is 11.8 Å². The van der Waals surface area contributed by atoms with Gasteiger partial charge < -0.3 is 5.32 Å². The monoisotopic (exact) mass is 186 g/mol. The van der Waals surface area contributed by atoms with E-state index in [1.165, 1.54) is 11.8 Å². The molecule has 0 aromatic heterocycles. The number of thioether (sulfide) groups is 1. The fourth-order valence-corrected chi connectivity index (χ4v) is 0.894. The second kappa shape index (κ2) is 6.55. The SMILES string of the molecule is CC#CCN/C(=C/[N+](=O)[O-])SC. The van der Waals surface area contributed by atoms with Gasteiger partial charge in [0.05, 0.1) is 11.5 Å². The van der Waals surface area contributed by atoms with Crippen molar-refractivity contribution in [1.29, 1.82) is 0 Å². The molecule has 4 nitrogen and oxygen atoms in total. The topological polar surface area (TPSA) is 55.2 Å². The van der Waals surface area contributed by atoms with E-state index >= 15 is 0 Å². The fourth-order valence-electron chi connectivity index (χ4n) is 0.486. The number of hydrogen-bond donors (Lipinski definition) is 1. The van der Waals surface area contributed by atoms with Crippen molar-refractivity contribution < 1.29 is 4.92 Å². The van der Waals surface area contributed by atoms with E-state index in [9.17, 15) is 10.1 Å². The highest BCUT2D eigenvalue weighted by molar-refractivity contribution is 8.02. The minimum absolute atomic E-state index is 0.441. The number of nitrogens with one attached hydrogen (secondary N) is 1. The van der Waals surface area contributed by atoms with Gasteiger partial charge in [0.25, 0.3) is 6.20 Å². The van der Waals surface area contributed by atoms with Gasteiger partial charge >= 0.3 is 0 Å². The lowest BCUT2D eigenvalue weighted by Gasteiger charge is -1.99. The van der Waals surface area contributed by atoms with Crippen LogP contribution in [0.5, 0.6) is 0 Å². The smallest absolute Gasteiger partial charge is 0.263 e. The minimum atomic E-state index is -0.488. The molecule has 1 N–H and O–H groups in total. The molecule has 0 bridgehead atoms. The van der Waals surface area contributed by atoms with Crippen LogP contribution in [0.25, 0.3) is 0 Å². The molecule has 0 saturated heterocycles. The Labute approximate surface area is 75.6 Å². The van der Waals surface area contributed by atoms with Gasteiger partial charge in [-0.2, -0.15) is 0 Å². The normalized spacial score (nSPS) is 10.0. The first-order valence-electron chi connectivity index (χ1n) is 3.23. The summed E-state index contributed by atoms with van der Waals surface area (Å²) in [6.45, 7) is 2.16. The predicted octanol–water partition coefficient (Wildman–Crippen LogP) is 1.04. The molecule has 0 radical (unpaired) electrons. The van der Waals surface area contributed by atoms with E-state index in [0.717, 1.165) is 6.20 Å². The highest BCUT2D eigenvalue weighted by atomic mass is 32.2. The molecule has 0 aromatic rings. The lowest BCUT2D eigenvalue weighted by atomic mass is 10.6. The Morgan fingerprint density at radius 1 is 1.83 bits per heavy atom. The van der Waals surface area contributed by atoms with Crippen molar-refractivity contribution in [2.24, 2.45) is 0 Å². The molecule has 0 aliphatic heterocycles. The maximum absolute atomic E-state index is 10.0. The van der Waals surface area contributed by atoms with Crippen LogP contribution in [0.1, 0.15) is 6.92 Å². The minimum Gasteiger partial charge on any atom is -0.364 e. The quantitative estimate of drug-likeness (QED) is 0.405. The average Bonchev–Trinajstić information content (AvgIpc) is 2.02. The number of rotatable bonds is 4. The molecule has 0 fully saturated rings. The third-order valence-electron chi connectivity index (χ3n) is 0.970. The summed E-state index contributed by atoms with van der Waals surface area (Å²) < 4.78 is 0. The Morgan fingerprint density at radius 2 is 2.50 bits per heavy atom. The molecular weight excluding hydrogens is 176 g/mol. The molecule has 0 aromatic carbocycles. The van der Waals surface area contributed by atoms with Gasteiger partial charge in [-0.15, -0.1) is 17.7 Å². The summed E-state index contributed by atoms with van der Waals surface area (Å²) in [5.74, 6) is 5.43. The van der Waals surface area contributed by atoms with E-state index in [1.807, 2.05) is 0 Å². The van der Waals surface area contributed by atoms with Crippen LogP contribution in [0, 0.1) is 22.0 Å². The van der Waals surface area contributed by atoms with Crippen molar-refractivity contribution in [3.8, 4) is 11.8 Å². The summed E-state index contributed by atoms with van der Waals surface area (Å²) >= 11 is 1.29. The molecule has 66 valence electrons. The first kappa shape index (κ1) is 10.8. The number of nitrogens with zero attached hydrogens (tertiary/aromatic N) is 1. The zero-order valence-electron chi connectivity index (χ0n) is 6.96. The van der Waals surface area contributed by atoms with E-state index in [1.54, 1.807) is 13.2 Å². The van der Waals surface area contributed by atoms with Crippen molar-refractivity contribution in [3.63, 3.8) is 0 Å². The Hall–Kier alpha value is -1.15. The van der Waals surface area contributed by atoms with Crippen LogP contribution in [-0.2, 0) is 0 Å². The largest absolute Gasteiger partial charge is 0.364 e. The van der Waals surface area contributed by atoms with Crippen LogP contribution in [-0.4, -0.2) is 17.7 Å². The summed E-state index contributed by atoms with van der Waals surface area (Å²) in [5.41, 5.74) is 0. The Bertz CT molecular complexity index is 240. The first-order valence-corrected chi connectivity index (χ1v) is 4.46. The summed E-state index contributed by atoms with van der Waals surface area (Å²) in [6, 6.07) is 0. The van der Waals surface area contributed by atoms with E-state index in [2.05, 4.69) is 17.2 Å². The van der Waals surface area contributed by atoms with Gasteiger partial charge in [-0.3, -0.25) is 10.1 Å². The van der Waals surface area contributed by atoms with Crippen LogP contribution in [0.15, 0.2) is 11.2 Å². The van der Waals surface area contributed by atoms with Gasteiger partial charge in [-0.05, 0) is 13.2 Å². The van der Waals surface area contributed by atoms with Crippen LogP contribution >= 0.6 is 11.8 Å². The van der Waals surface area contributed by atoms with E-state index in [4.69, 9.17) is 0 Å². The molecule has 0 aliphatic carbocycles. The molecule has 0 amide bonds. The Morgan fingerprint density at radius 3 is 2.92 bits per heavy atom. The molecule has 0 aliphatic rings. The van der Waals surface area contributed by atoms with Gasteiger partial charge in [0.1, 0.15) is 5.03 Å². The van der Waals surface area contributed by atoms with Gasteiger partial charge in [0.2, 0.25) is 0 Å². The van der Waals surface area contributed by atoms with Crippen LogP contribution in [0.2, 0.25) is 0 Å². The van der Waals surface area contributed by atoms with E-state index in [0.29, 0.717) is 11.6 Å². The molecule has 0 atom stereocenters. The molecule has 0 saturated carbocycles. The van der Waals surface area contributed by atoms with Gasteiger partial charge in [0, 0.05) is 0 Å². The standard InChI is InChI=1S/C7H10N2O2S/c1-3-4-5-8-7(12-2)6-9(10)11/h6,8H,5H2,1-2H3/b7-6-. The number of nitro groups is 1. The van der Waals surface area contributed by atoms with Crippen molar-refractivity contribution in [1.82, 2.24) is 5.32 Å². The average molecular weight is 186 g/mol. The predicted molar refractivity (Wildman–Crippen MR) is 50.0 cm³/mol. The maximum atomic E-state index is 10.0. The molecular formula is C7H10N2O2S. The van der Waals surface area contributed by atoms with Gasteiger partial charge in [-0.25, -0.2) is 0 Å². The van der Waals surface area contributed by atoms with Crippen molar-refractivity contribution in [2.75, 3.05) is 12.8 Å². The second-order valence-corrected chi connectivity index (χ2v) is 2.61. The van der Waals surface area contributed by atoms with E-state index < -0.39 is 4.92 Å². The Kier molecular flexibility index (Phi) is 5.93. The highest BCUT2D eigenvalue weighted by Gasteiger charge is 1.97. The third-order valence-corrected chi connectivity index (χ3v) is 1.66. The van der Waals surface area contributed by atoms with E-state index in [-0.39, 0.29) is 0 Å².